The number of thiocarbonyl (C=S) groups is 1. The van der Waals surface area contributed by atoms with Crippen molar-refractivity contribution in [2.75, 3.05) is 19.6 Å². The lowest BCUT2D eigenvalue weighted by Gasteiger charge is -2.25. The summed E-state index contributed by atoms with van der Waals surface area (Å²) in [6, 6.07) is 0. The van der Waals surface area contributed by atoms with Crippen molar-refractivity contribution < 1.29 is 0 Å². The summed E-state index contributed by atoms with van der Waals surface area (Å²) in [6.07, 6.45) is 7.75. The minimum absolute atomic E-state index is 0.900. The lowest BCUT2D eigenvalue weighted by molar-refractivity contribution is 0.392. The maximum absolute atomic E-state index is 5.40. The van der Waals surface area contributed by atoms with Crippen LogP contribution in [0.2, 0.25) is 0 Å². The van der Waals surface area contributed by atoms with Crippen LogP contribution in [0, 0.1) is 0 Å². The van der Waals surface area contributed by atoms with Crippen molar-refractivity contribution in [1.82, 2.24) is 10.2 Å². The molecular formula is C13H26N2S. The molecule has 0 unspecified atom stereocenters. The molecule has 2 nitrogen and oxygen atoms in total. The largest absolute Gasteiger partial charge is 0.362 e. The minimum atomic E-state index is 0.900. The lowest BCUT2D eigenvalue weighted by Crippen LogP contribution is -2.41. The molecule has 1 N–H and O–H groups in total. The maximum atomic E-state index is 5.40. The Labute approximate surface area is 106 Å². The normalized spacial score (nSPS) is 9.88. The molecule has 0 amide bonds. The van der Waals surface area contributed by atoms with Gasteiger partial charge in [-0.05, 0) is 31.5 Å². The van der Waals surface area contributed by atoms with Gasteiger partial charge in [0.15, 0.2) is 5.11 Å². The van der Waals surface area contributed by atoms with Crippen molar-refractivity contribution in [2.45, 2.75) is 46.0 Å². The van der Waals surface area contributed by atoms with Crippen LogP contribution in [0.25, 0.3) is 0 Å². The SMILES string of the molecule is C=CCCNC(=S)N(CCCC)CCCC. The van der Waals surface area contributed by atoms with E-state index in [0.717, 1.165) is 31.2 Å². The zero-order valence-corrected chi connectivity index (χ0v) is 11.6. The van der Waals surface area contributed by atoms with Crippen molar-refractivity contribution in [3.05, 3.63) is 12.7 Å². The summed E-state index contributed by atoms with van der Waals surface area (Å²) < 4.78 is 0. The van der Waals surface area contributed by atoms with Crippen LogP contribution >= 0.6 is 12.2 Å². The van der Waals surface area contributed by atoms with E-state index >= 15 is 0 Å². The van der Waals surface area contributed by atoms with E-state index in [1.165, 1.54) is 25.7 Å². The molecule has 0 spiro atoms. The number of hydrogen-bond acceptors (Lipinski definition) is 1. The Bertz CT molecular complexity index is 184. The Morgan fingerprint density at radius 3 is 2.25 bits per heavy atom. The van der Waals surface area contributed by atoms with E-state index in [-0.39, 0.29) is 0 Å². The third-order valence-electron chi connectivity index (χ3n) is 2.48. The van der Waals surface area contributed by atoms with Gasteiger partial charge in [0.25, 0.3) is 0 Å². The smallest absolute Gasteiger partial charge is 0.168 e. The number of unbranched alkanes of at least 4 members (excludes halogenated alkanes) is 2. The molecule has 0 saturated heterocycles. The monoisotopic (exact) mass is 242 g/mol. The Hall–Kier alpha value is -0.570. The van der Waals surface area contributed by atoms with Gasteiger partial charge in [-0.15, -0.1) is 6.58 Å². The van der Waals surface area contributed by atoms with Gasteiger partial charge in [0, 0.05) is 19.6 Å². The highest BCUT2D eigenvalue weighted by molar-refractivity contribution is 7.80. The molecule has 16 heavy (non-hydrogen) atoms. The molecule has 0 heterocycles. The molecule has 0 aliphatic rings. The van der Waals surface area contributed by atoms with Crippen LogP contribution in [0.4, 0.5) is 0 Å². The van der Waals surface area contributed by atoms with Crippen molar-refractivity contribution in [3.63, 3.8) is 0 Å². The summed E-state index contributed by atoms with van der Waals surface area (Å²) in [5, 5.41) is 4.19. The summed E-state index contributed by atoms with van der Waals surface area (Å²) in [6.45, 7) is 11.2. The maximum Gasteiger partial charge on any atom is 0.168 e. The molecule has 0 aromatic carbocycles. The first-order valence-electron chi connectivity index (χ1n) is 6.39. The zero-order chi connectivity index (χ0) is 12.2. The van der Waals surface area contributed by atoms with E-state index in [2.05, 4.69) is 30.6 Å². The van der Waals surface area contributed by atoms with Gasteiger partial charge in [0.1, 0.15) is 0 Å². The van der Waals surface area contributed by atoms with Gasteiger partial charge in [-0.2, -0.15) is 0 Å². The summed E-state index contributed by atoms with van der Waals surface area (Å²) in [5.74, 6) is 0. The Morgan fingerprint density at radius 1 is 1.25 bits per heavy atom. The van der Waals surface area contributed by atoms with Gasteiger partial charge < -0.3 is 10.2 Å². The van der Waals surface area contributed by atoms with E-state index in [1.54, 1.807) is 0 Å². The minimum Gasteiger partial charge on any atom is -0.362 e. The molecule has 0 aliphatic carbocycles. The summed E-state index contributed by atoms with van der Waals surface area (Å²) in [4.78, 5) is 2.30. The fraction of sp³-hybridized carbons (Fsp3) is 0.769. The van der Waals surface area contributed by atoms with Crippen LogP contribution < -0.4 is 5.32 Å². The quantitative estimate of drug-likeness (QED) is 0.379. The number of rotatable bonds is 9. The van der Waals surface area contributed by atoms with E-state index < -0.39 is 0 Å². The van der Waals surface area contributed by atoms with E-state index in [1.807, 2.05) is 6.08 Å². The van der Waals surface area contributed by atoms with Crippen molar-refractivity contribution in [2.24, 2.45) is 0 Å². The second-order valence-electron chi connectivity index (χ2n) is 4.00. The summed E-state index contributed by atoms with van der Waals surface area (Å²) in [5.41, 5.74) is 0. The van der Waals surface area contributed by atoms with Crippen LogP contribution in [0.15, 0.2) is 12.7 Å². The zero-order valence-electron chi connectivity index (χ0n) is 10.8. The molecule has 0 saturated carbocycles. The number of nitrogens with zero attached hydrogens (tertiary/aromatic N) is 1. The molecular weight excluding hydrogens is 216 g/mol. The first kappa shape index (κ1) is 15.4. The number of nitrogens with one attached hydrogen (secondary N) is 1. The highest BCUT2D eigenvalue weighted by Crippen LogP contribution is 2.00. The first-order valence-corrected chi connectivity index (χ1v) is 6.80. The van der Waals surface area contributed by atoms with Crippen molar-refractivity contribution in [1.29, 1.82) is 0 Å². The van der Waals surface area contributed by atoms with Crippen LogP contribution in [-0.4, -0.2) is 29.6 Å². The third kappa shape index (κ3) is 7.69. The second kappa shape index (κ2) is 10.9. The van der Waals surface area contributed by atoms with Crippen LogP contribution in [0.1, 0.15) is 46.0 Å². The molecule has 3 heteroatoms. The molecule has 0 aliphatic heterocycles. The van der Waals surface area contributed by atoms with Gasteiger partial charge in [0.05, 0.1) is 0 Å². The van der Waals surface area contributed by atoms with Crippen LogP contribution in [0.5, 0.6) is 0 Å². The Balaban J connectivity index is 3.93. The molecule has 0 bridgehead atoms. The van der Waals surface area contributed by atoms with Gasteiger partial charge in [-0.3, -0.25) is 0 Å². The van der Waals surface area contributed by atoms with Crippen LogP contribution in [0.3, 0.4) is 0 Å². The molecule has 0 aromatic rings. The van der Waals surface area contributed by atoms with Gasteiger partial charge >= 0.3 is 0 Å². The topological polar surface area (TPSA) is 15.3 Å². The van der Waals surface area contributed by atoms with Gasteiger partial charge in [-0.25, -0.2) is 0 Å². The summed E-state index contributed by atoms with van der Waals surface area (Å²) >= 11 is 5.40. The first-order chi connectivity index (χ1) is 7.76. The Morgan fingerprint density at radius 2 is 1.81 bits per heavy atom. The van der Waals surface area contributed by atoms with Gasteiger partial charge in [-0.1, -0.05) is 32.8 Å². The van der Waals surface area contributed by atoms with E-state index in [4.69, 9.17) is 12.2 Å². The van der Waals surface area contributed by atoms with Crippen LogP contribution in [-0.2, 0) is 0 Å². The molecule has 0 radical (unpaired) electrons. The molecule has 0 aromatic heterocycles. The summed E-state index contributed by atoms with van der Waals surface area (Å²) in [7, 11) is 0. The van der Waals surface area contributed by atoms with Crippen molar-refractivity contribution in [3.8, 4) is 0 Å². The molecule has 0 atom stereocenters. The highest BCUT2D eigenvalue weighted by Gasteiger charge is 2.07. The average Bonchev–Trinajstić information content (AvgIpc) is 2.29. The fourth-order valence-corrected chi connectivity index (χ4v) is 1.69. The molecule has 0 rings (SSSR count). The molecule has 94 valence electrons. The fourth-order valence-electron chi connectivity index (χ4n) is 1.41. The second-order valence-corrected chi connectivity index (χ2v) is 4.39. The highest BCUT2D eigenvalue weighted by atomic mass is 32.1. The lowest BCUT2D eigenvalue weighted by atomic mass is 10.3. The predicted molar refractivity (Wildman–Crippen MR) is 76.8 cm³/mol. The average molecular weight is 242 g/mol. The van der Waals surface area contributed by atoms with E-state index in [9.17, 15) is 0 Å². The van der Waals surface area contributed by atoms with Gasteiger partial charge in [0.2, 0.25) is 0 Å². The number of hydrogen-bond donors (Lipinski definition) is 1. The molecule has 0 fully saturated rings. The van der Waals surface area contributed by atoms with Crippen molar-refractivity contribution >= 4 is 17.3 Å². The third-order valence-corrected chi connectivity index (χ3v) is 2.88. The Kier molecular flexibility index (Phi) is 10.5. The standard InChI is InChI=1S/C13H26N2S/c1-4-7-10-14-13(16)15(11-8-5-2)12-9-6-3/h4H,1,5-12H2,2-3H3,(H,14,16). The predicted octanol–water partition coefficient (Wildman–Crippen LogP) is 3.34. The van der Waals surface area contributed by atoms with E-state index in [0.29, 0.717) is 0 Å².